The van der Waals surface area contributed by atoms with E-state index in [9.17, 15) is 9.59 Å². The number of benzene rings is 2. The number of fused-ring (bicyclic) bond motifs is 1. The van der Waals surface area contributed by atoms with Crippen LogP contribution in [0.25, 0.3) is 0 Å². The Labute approximate surface area is 154 Å². The van der Waals surface area contributed by atoms with Gasteiger partial charge in [0.15, 0.2) is 11.6 Å². The first-order valence-electron chi connectivity index (χ1n) is 5.94. The normalized spacial score (nSPS) is 14.7. The maximum absolute atomic E-state index is 12.7. The van der Waals surface area contributed by atoms with Crippen molar-refractivity contribution in [2.45, 2.75) is 5.92 Å². The molecule has 0 saturated carbocycles. The summed E-state index contributed by atoms with van der Waals surface area (Å²) in [4.78, 5) is 25.5. The zero-order valence-electron chi connectivity index (χ0n) is 10.3. The van der Waals surface area contributed by atoms with E-state index in [1.807, 2.05) is 18.2 Å². The molecule has 0 unspecified atom stereocenters. The minimum Gasteiger partial charge on any atom is -0.293 e. The Morgan fingerprint density at radius 3 is 1.52 bits per heavy atom. The van der Waals surface area contributed by atoms with Crippen molar-refractivity contribution in [2.24, 2.45) is 0 Å². The van der Waals surface area contributed by atoms with E-state index in [4.69, 9.17) is 0 Å². The molecule has 6 heteroatoms. The zero-order valence-corrected chi connectivity index (χ0v) is 16.6. The second kappa shape index (κ2) is 5.72. The van der Waals surface area contributed by atoms with Crippen LogP contribution in [0, 0.1) is 0 Å². The van der Waals surface area contributed by atoms with Crippen LogP contribution in [-0.4, -0.2) is 11.6 Å². The highest BCUT2D eigenvalue weighted by Crippen LogP contribution is 2.48. The predicted octanol–water partition coefficient (Wildman–Crippen LogP) is 5.90. The molecule has 2 aromatic carbocycles. The van der Waals surface area contributed by atoms with Gasteiger partial charge in [-0.2, -0.15) is 0 Å². The average Bonchev–Trinajstić information content (AvgIpc) is 2.75. The molecule has 0 fully saturated rings. The fraction of sp³-hybridized carbons (Fsp3) is 0.0667. The lowest BCUT2D eigenvalue weighted by molar-refractivity contribution is 0.0889. The van der Waals surface area contributed by atoms with E-state index in [-0.39, 0.29) is 11.6 Å². The van der Waals surface area contributed by atoms with Crippen LogP contribution in [-0.2, 0) is 0 Å². The molecule has 2 nitrogen and oxygen atoms in total. The van der Waals surface area contributed by atoms with Gasteiger partial charge in [-0.05, 0) is 69.3 Å². The molecule has 1 aliphatic carbocycles. The standard InChI is InChI=1S/C15H6Br4O2/c16-10-8-9(11(17)13(19)12(10)18)15(21)7(14(8)20)6-4-2-1-3-5-6/h1-5,7H. The van der Waals surface area contributed by atoms with Crippen LogP contribution in [0.4, 0.5) is 0 Å². The third kappa shape index (κ3) is 2.31. The van der Waals surface area contributed by atoms with E-state index in [1.165, 1.54) is 0 Å². The van der Waals surface area contributed by atoms with Crippen LogP contribution in [0.2, 0.25) is 0 Å². The molecule has 21 heavy (non-hydrogen) atoms. The summed E-state index contributed by atoms with van der Waals surface area (Å²) in [6.07, 6.45) is 0. The number of Topliss-reactive ketones (excluding diaryl/α,β-unsaturated/α-hetero) is 2. The van der Waals surface area contributed by atoms with Gasteiger partial charge in [-0.1, -0.05) is 30.3 Å². The Hall–Kier alpha value is -0.300. The predicted molar refractivity (Wildman–Crippen MR) is 95.1 cm³/mol. The Morgan fingerprint density at radius 2 is 1.10 bits per heavy atom. The number of hydrogen-bond acceptors (Lipinski definition) is 2. The number of ketones is 2. The summed E-state index contributed by atoms with van der Waals surface area (Å²) in [5.41, 5.74) is 1.57. The monoisotopic (exact) mass is 534 g/mol. The van der Waals surface area contributed by atoms with Crippen LogP contribution < -0.4 is 0 Å². The van der Waals surface area contributed by atoms with Gasteiger partial charge in [0.25, 0.3) is 0 Å². The Balaban J connectivity index is 2.27. The average molecular weight is 538 g/mol. The first-order chi connectivity index (χ1) is 9.95. The summed E-state index contributed by atoms with van der Waals surface area (Å²) in [7, 11) is 0. The lowest BCUT2D eigenvalue weighted by Crippen LogP contribution is -2.12. The van der Waals surface area contributed by atoms with Gasteiger partial charge in [-0.25, -0.2) is 0 Å². The lowest BCUT2D eigenvalue weighted by atomic mass is 9.94. The molecule has 0 radical (unpaired) electrons. The molecule has 106 valence electrons. The van der Waals surface area contributed by atoms with E-state index < -0.39 is 5.92 Å². The molecule has 0 spiro atoms. The quantitative estimate of drug-likeness (QED) is 0.258. The van der Waals surface area contributed by atoms with Gasteiger partial charge >= 0.3 is 0 Å². The highest BCUT2D eigenvalue weighted by Gasteiger charge is 2.43. The first-order valence-corrected chi connectivity index (χ1v) is 9.11. The van der Waals surface area contributed by atoms with Crippen LogP contribution in [0.1, 0.15) is 32.2 Å². The van der Waals surface area contributed by atoms with Gasteiger partial charge in [-0.3, -0.25) is 9.59 Å². The molecular weight excluding hydrogens is 532 g/mol. The third-order valence-corrected chi connectivity index (χ3v) is 8.19. The van der Waals surface area contributed by atoms with Gasteiger partial charge in [0, 0.05) is 29.0 Å². The molecule has 1 aliphatic rings. The molecule has 2 aromatic rings. The van der Waals surface area contributed by atoms with E-state index in [0.29, 0.717) is 29.0 Å². The molecule has 0 aliphatic heterocycles. The molecule has 0 atom stereocenters. The summed E-state index contributed by atoms with van der Waals surface area (Å²) in [5.74, 6) is -1.13. The van der Waals surface area contributed by atoms with Gasteiger partial charge in [-0.15, -0.1) is 0 Å². The van der Waals surface area contributed by atoms with Gasteiger partial charge in [0.1, 0.15) is 5.92 Å². The van der Waals surface area contributed by atoms with Crippen molar-refractivity contribution >= 4 is 75.3 Å². The van der Waals surface area contributed by atoms with Crippen molar-refractivity contribution in [3.05, 3.63) is 64.9 Å². The molecular formula is C15H6Br4O2. The van der Waals surface area contributed by atoms with Crippen molar-refractivity contribution in [2.75, 3.05) is 0 Å². The first kappa shape index (κ1) is 15.6. The Kier molecular flexibility index (Phi) is 4.25. The van der Waals surface area contributed by atoms with E-state index in [2.05, 4.69) is 63.7 Å². The molecule has 0 saturated heterocycles. The molecule has 0 aromatic heterocycles. The summed E-state index contributed by atoms with van der Waals surface area (Å²) in [5, 5.41) is 0. The maximum atomic E-state index is 12.7. The summed E-state index contributed by atoms with van der Waals surface area (Å²) in [6.45, 7) is 0. The zero-order chi connectivity index (χ0) is 15.3. The van der Waals surface area contributed by atoms with Crippen molar-refractivity contribution in [3.8, 4) is 0 Å². The third-order valence-electron chi connectivity index (χ3n) is 3.42. The van der Waals surface area contributed by atoms with E-state index in [0.717, 1.165) is 5.56 Å². The molecule has 0 N–H and O–H groups in total. The summed E-state index contributed by atoms with van der Waals surface area (Å²) in [6, 6.07) is 9.12. The van der Waals surface area contributed by atoms with Crippen LogP contribution in [0.5, 0.6) is 0 Å². The molecule has 0 bridgehead atoms. The molecule has 0 heterocycles. The molecule has 3 rings (SSSR count). The second-order valence-corrected chi connectivity index (χ2v) is 7.75. The fourth-order valence-corrected chi connectivity index (χ4v) is 4.96. The number of rotatable bonds is 1. The summed E-state index contributed by atoms with van der Waals surface area (Å²) >= 11 is 13.7. The van der Waals surface area contributed by atoms with Gasteiger partial charge < -0.3 is 0 Å². The smallest absolute Gasteiger partial charge is 0.180 e. The van der Waals surface area contributed by atoms with Crippen molar-refractivity contribution in [1.29, 1.82) is 0 Å². The highest BCUT2D eigenvalue weighted by atomic mass is 79.9. The maximum Gasteiger partial charge on any atom is 0.180 e. The number of halogens is 4. The topological polar surface area (TPSA) is 34.1 Å². The van der Waals surface area contributed by atoms with Crippen LogP contribution in [0.3, 0.4) is 0 Å². The van der Waals surface area contributed by atoms with Crippen molar-refractivity contribution in [1.82, 2.24) is 0 Å². The van der Waals surface area contributed by atoms with Crippen LogP contribution in [0.15, 0.2) is 48.2 Å². The summed E-state index contributed by atoms with van der Waals surface area (Å²) < 4.78 is 2.62. The van der Waals surface area contributed by atoms with Crippen molar-refractivity contribution < 1.29 is 9.59 Å². The molecule has 0 amide bonds. The largest absolute Gasteiger partial charge is 0.293 e. The van der Waals surface area contributed by atoms with Gasteiger partial charge in [0.05, 0.1) is 0 Å². The number of carbonyl (C=O) groups excluding carboxylic acids is 2. The number of hydrogen-bond donors (Lipinski definition) is 0. The van der Waals surface area contributed by atoms with E-state index in [1.54, 1.807) is 12.1 Å². The second-order valence-electron chi connectivity index (χ2n) is 4.58. The number of carbonyl (C=O) groups is 2. The van der Waals surface area contributed by atoms with Gasteiger partial charge in [0.2, 0.25) is 0 Å². The Morgan fingerprint density at radius 1 is 0.667 bits per heavy atom. The van der Waals surface area contributed by atoms with E-state index >= 15 is 0 Å². The Bertz CT molecular complexity index is 737. The highest BCUT2D eigenvalue weighted by molar-refractivity contribution is 9.15. The minimum absolute atomic E-state index is 0.179. The SMILES string of the molecule is O=C1c2c(Br)c(Br)c(Br)c(Br)c2C(=O)C1c1ccccc1. The fourth-order valence-electron chi connectivity index (χ4n) is 2.45. The minimum atomic E-state index is -0.769. The van der Waals surface area contributed by atoms with Crippen LogP contribution >= 0.6 is 63.7 Å². The lowest BCUT2D eigenvalue weighted by Gasteiger charge is -2.08. The van der Waals surface area contributed by atoms with Crippen molar-refractivity contribution in [3.63, 3.8) is 0 Å².